The van der Waals surface area contributed by atoms with Crippen LogP contribution in [0.25, 0.3) is 0 Å². The fraction of sp³-hybridized carbons (Fsp3) is 0.722. The Morgan fingerprint density at radius 1 is 1.04 bits per heavy atom. The van der Waals surface area contributed by atoms with E-state index in [1.54, 1.807) is 0 Å². The summed E-state index contributed by atoms with van der Waals surface area (Å²) in [6.45, 7) is 3.63. The van der Waals surface area contributed by atoms with Crippen molar-refractivity contribution in [3.63, 3.8) is 0 Å². The molecule has 0 saturated carbocycles. The summed E-state index contributed by atoms with van der Waals surface area (Å²) in [6, 6.07) is 0.458. The van der Waals surface area contributed by atoms with Crippen LogP contribution in [0, 0.1) is 0 Å². The molecule has 0 aromatic carbocycles. The van der Waals surface area contributed by atoms with Gasteiger partial charge in [-0.15, -0.1) is 5.06 Å². The monoisotopic (exact) mass is 405 g/mol. The van der Waals surface area contributed by atoms with Gasteiger partial charge in [0.2, 0.25) is 11.8 Å². The Kier molecular flexibility index (Phi) is 8.37. The predicted molar refractivity (Wildman–Crippen MR) is 97.3 cm³/mol. The fourth-order valence-corrected chi connectivity index (χ4v) is 3.32. The molecular weight excluding hydrogens is 377 g/mol. The minimum Gasteiger partial charge on any atom is -0.355 e. The van der Waals surface area contributed by atoms with Crippen LogP contribution in [-0.4, -0.2) is 71.8 Å². The zero-order valence-electron chi connectivity index (χ0n) is 16.2. The van der Waals surface area contributed by atoms with Gasteiger partial charge in [-0.05, 0) is 25.8 Å². The predicted octanol–water partition coefficient (Wildman–Crippen LogP) is -0.519. The average molecular weight is 405 g/mol. The van der Waals surface area contributed by atoms with E-state index >= 15 is 0 Å². The normalized spacial score (nSPS) is 19.8. The third-order valence-corrected chi connectivity index (χ3v) is 4.84. The van der Waals surface area contributed by atoms with E-state index in [0.29, 0.717) is 17.6 Å². The number of hydroxylamine groups is 2. The van der Waals surface area contributed by atoms with E-state index in [9.17, 15) is 24.0 Å². The van der Waals surface area contributed by atoms with E-state index in [-0.39, 0.29) is 50.6 Å². The summed E-state index contributed by atoms with van der Waals surface area (Å²) in [7, 11) is 0. The summed E-state index contributed by atoms with van der Waals surface area (Å²) in [6.07, 6.45) is 3.25. The summed E-state index contributed by atoms with van der Waals surface area (Å²) >= 11 is 0. The first-order valence-corrected chi connectivity index (χ1v) is 9.74. The molecule has 4 amide bonds. The summed E-state index contributed by atoms with van der Waals surface area (Å²) < 4.78 is 0. The van der Waals surface area contributed by atoms with Crippen molar-refractivity contribution < 1.29 is 28.8 Å². The molecule has 2 aliphatic heterocycles. The van der Waals surface area contributed by atoms with Gasteiger partial charge in [0.25, 0.3) is 11.8 Å². The molecule has 10 nitrogen and oxygen atoms in total. The molecule has 2 saturated heterocycles. The molecule has 1 atom stereocenters. The first kappa shape index (κ1) is 21.8. The van der Waals surface area contributed by atoms with Crippen LogP contribution in [0.2, 0.25) is 0 Å². The second kappa shape index (κ2) is 10.7. The van der Waals surface area contributed by atoms with Crippen molar-refractivity contribution in [1.29, 1.82) is 0 Å². The maximum Gasteiger partial charge on any atom is 0.334 e. The second-order valence-corrected chi connectivity index (χ2v) is 6.92. The Hall–Kier alpha value is -2.49. The minimum atomic E-state index is -0.770. The van der Waals surface area contributed by atoms with Crippen LogP contribution in [0.15, 0.2) is 0 Å². The van der Waals surface area contributed by atoms with Gasteiger partial charge in [-0.2, -0.15) is 0 Å². The standard InChI is InChI=1S/C18H28N4O6/c1-2-13-4-3-11-21(13)12-15(24)20-9-7-14(23)19-10-8-18(27)28-22-16(25)5-6-17(22)26/h13H,2-12H2,1H3,(H,19,23)(H,20,24)/i2+1,3+1,4+1,11+1,13+1,15+1,18+1,19+1,21+1. The highest BCUT2D eigenvalue weighted by Gasteiger charge is 2.32. The van der Waals surface area contributed by atoms with Crippen molar-refractivity contribution in [2.24, 2.45) is 0 Å². The van der Waals surface area contributed by atoms with Gasteiger partial charge in [0, 0.05) is 38.4 Å². The number of likely N-dealkylation sites (tertiary alicyclic amines) is 1. The highest BCUT2D eigenvalue weighted by Crippen LogP contribution is 2.18. The molecule has 2 aliphatic rings. The highest BCUT2D eigenvalue weighted by atomic mass is 16.8. The Bertz CT molecular complexity index is 607. The molecule has 1 unspecified atom stereocenters. The Morgan fingerprint density at radius 2 is 1.68 bits per heavy atom. The van der Waals surface area contributed by atoms with Crippen LogP contribution < -0.4 is 10.6 Å². The van der Waals surface area contributed by atoms with Gasteiger partial charge in [-0.25, -0.2) is 4.79 Å². The number of rotatable bonds is 10. The van der Waals surface area contributed by atoms with Gasteiger partial charge in [0.05, 0.1) is 13.0 Å². The lowest BCUT2D eigenvalue weighted by molar-refractivity contribution is -0.197. The number of hydrogen-bond acceptors (Lipinski definition) is 7. The van der Waals surface area contributed by atoms with E-state index in [2.05, 4.69) is 22.5 Å². The lowest BCUT2D eigenvalue weighted by atomic mass is 10.4. The number of nitrogens with zero attached hydrogens (tertiary/aromatic N) is 2. The molecule has 2 fully saturated rings. The Labute approximate surface area is 163 Å². The van der Waals surface area contributed by atoms with Gasteiger partial charge < -0.3 is 15.5 Å². The van der Waals surface area contributed by atoms with Gasteiger partial charge in [-0.3, -0.25) is 24.1 Å². The fourth-order valence-electron chi connectivity index (χ4n) is 3.32. The number of carbonyl (C=O) groups excluding carboxylic acids is 5. The van der Waals surface area contributed by atoms with Gasteiger partial charge in [0.15, 0.2) is 0 Å². The molecule has 0 bridgehead atoms. The first-order valence-electron chi connectivity index (χ1n) is 9.74. The molecule has 2 rings (SSSR count). The van der Waals surface area contributed by atoms with Crippen LogP contribution in [0.5, 0.6) is 0 Å². The van der Waals surface area contributed by atoms with Crippen LogP contribution in [0.4, 0.5) is 0 Å². The molecule has 28 heavy (non-hydrogen) atoms. The molecule has 2 N–H and O–H groups in total. The zero-order valence-corrected chi connectivity index (χ0v) is 16.2. The van der Waals surface area contributed by atoms with Gasteiger partial charge >= 0.3 is 5.97 Å². The Morgan fingerprint density at radius 3 is 2.36 bits per heavy atom. The third kappa shape index (κ3) is 6.59. The van der Waals surface area contributed by atoms with Crippen molar-refractivity contribution in [2.45, 2.75) is 57.9 Å². The summed E-state index contributed by atoms with van der Waals surface area (Å²) in [5, 5.41) is 5.74. The summed E-state index contributed by atoms with van der Waals surface area (Å²) in [5.41, 5.74) is 0. The molecule has 0 spiro atoms. The maximum absolute atomic E-state index is 12.0. The van der Waals surface area contributed by atoms with Gasteiger partial charge in [-0.1, -0.05) is 6.92 Å². The van der Waals surface area contributed by atoms with Crippen LogP contribution in [-0.2, 0) is 28.8 Å². The van der Waals surface area contributed by atoms with E-state index in [4.69, 9.17) is 4.84 Å². The SMILES string of the molecule is C[13CH2][13CH]1[13CH2][13CH2][13CH2][15N]1C[13C](=O)NCCC(=O)[15NH]CC[13C](=O)ON1C(=O)CCC1=O. The largest absolute Gasteiger partial charge is 0.355 e. The third-order valence-electron chi connectivity index (χ3n) is 4.84. The van der Waals surface area contributed by atoms with E-state index in [0.717, 1.165) is 25.8 Å². The number of amides is 4. The quantitative estimate of drug-likeness (QED) is 0.285. The summed E-state index contributed by atoms with van der Waals surface area (Å²) in [4.78, 5) is 64.9. The number of nitrogens with one attached hydrogen (secondary N) is 2. The lowest BCUT2D eigenvalue weighted by Crippen LogP contribution is -2.40. The average Bonchev–Trinajstić information content (AvgIpc) is 3.22. The van der Waals surface area contributed by atoms with Gasteiger partial charge in [0.1, 0.15) is 0 Å². The lowest BCUT2D eigenvalue weighted by Gasteiger charge is -2.22. The maximum atomic E-state index is 12.0. The van der Waals surface area contributed by atoms with E-state index in [1.807, 2.05) is 0 Å². The topological polar surface area (TPSA) is 125 Å². The second-order valence-electron chi connectivity index (χ2n) is 6.92. The molecular formula is C18H28N4O6. The minimum absolute atomic E-state index is 0.0216. The van der Waals surface area contributed by atoms with E-state index in [1.165, 1.54) is 0 Å². The molecule has 156 valence electrons. The number of carbonyl (C=O) groups is 5. The molecule has 0 aliphatic carbocycles. The molecule has 0 aromatic heterocycles. The van der Waals surface area contributed by atoms with Crippen LogP contribution in [0.1, 0.15) is 51.9 Å². The number of hydrogen-bond donors (Lipinski definition) is 2. The highest BCUT2D eigenvalue weighted by molar-refractivity contribution is 6.01. The van der Waals surface area contributed by atoms with Crippen molar-refractivity contribution in [3.05, 3.63) is 0 Å². The van der Waals surface area contributed by atoms with Crippen molar-refractivity contribution in [2.75, 3.05) is 26.2 Å². The zero-order chi connectivity index (χ0) is 20.5. The van der Waals surface area contributed by atoms with E-state index < -0.39 is 17.8 Å². The van der Waals surface area contributed by atoms with Crippen molar-refractivity contribution in [1.82, 2.24) is 20.6 Å². The molecule has 10 heteroatoms. The van der Waals surface area contributed by atoms with Crippen molar-refractivity contribution in [3.8, 4) is 0 Å². The molecule has 2 heterocycles. The van der Waals surface area contributed by atoms with Crippen LogP contribution >= 0.6 is 0 Å². The smallest absolute Gasteiger partial charge is 0.334 e. The van der Waals surface area contributed by atoms with Crippen molar-refractivity contribution >= 4 is 29.6 Å². The Balaban J connectivity index is 1.54. The molecule has 0 aromatic rings. The molecule has 0 radical (unpaired) electrons. The van der Waals surface area contributed by atoms with Crippen LogP contribution in [0.3, 0.4) is 0 Å². The summed E-state index contributed by atoms with van der Waals surface area (Å²) in [5.74, 6) is -2.27. The first-order chi connectivity index (χ1) is 13.4. The number of imide groups is 1.